The molecule has 0 bridgehead atoms. The third-order valence-corrected chi connectivity index (χ3v) is 6.00. The van der Waals surface area contributed by atoms with Crippen molar-refractivity contribution in [2.45, 2.75) is 44.9 Å². The zero-order valence-electron chi connectivity index (χ0n) is 19.1. The number of likely N-dealkylation sites (tertiary alicyclic amines) is 1. The minimum absolute atomic E-state index is 0.221. The molecule has 1 aliphatic rings. The van der Waals surface area contributed by atoms with Crippen molar-refractivity contribution in [2.24, 2.45) is 0 Å². The Kier molecular flexibility index (Phi) is 7.62. The van der Waals surface area contributed by atoms with Crippen LogP contribution in [0.2, 0.25) is 0 Å². The molecule has 7 heteroatoms. The van der Waals surface area contributed by atoms with Crippen LogP contribution in [0.3, 0.4) is 0 Å². The molecule has 1 aliphatic heterocycles. The quantitative estimate of drug-likeness (QED) is 0.466. The second kappa shape index (κ2) is 10.8. The first-order valence-corrected chi connectivity index (χ1v) is 11.5. The van der Waals surface area contributed by atoms with E-state index in [2.05, 4.69) is 22.1 Å². The third kappa shape index (κ3) is 7.04. The molecular weight excluding hydrogens is 421 g/mol. The maximum absolute atomic E-state index is 13.0. The molecule has 0 atom stereocenters. The molecule has 1 N–H and O–H groups in total. The zero-order valence-corrected chi connectivity index (χ0v) is 19.1. The molecule has 0 spiro atoms. The molecule has 2 aromatic carbocycles. The van der Waals surface area contributed by atoms with E-state index < -0.39 is 5.60 Å². The Balaban J connectivity index is 1.15. The predicted molar refractivity (Wildman–Crippen MR) is 125 cm³/mol. The van der Waals surface area contributed by atoms with Gasteiger partial charge in [-0.3, -0.25) is 9.58 Å². The molecule has 4 rings (SSSR count). The average molecular weight is 454 g/mol. The maximum Gasteiger partial charge on any atom is 0.123 e. The van der Waals surface area contributed by atoms with Crippen LogP contribution in [0.5, 0.6) is 11.5 Å². The molecule has 33 heavy (non-hydrogen) atoms. The zero-order chi connectivity index (χ0) is 23.1. The number of ether oxygens (including phenoxy) is 2. The Labute approximate surface area is 194 Å². The van der Waals surface area contributed by atoms with Gasteiger partial charge in [0.15, 0.2) is 0 Å². The Morgan fingerprint density at radius 2 is 1.67 bits per heavy atom. The first kappa shape index (κ1) is 23.3. The molecule has 6 nitrogen and oxygen atoms in total. The summed E-state index contributed by atoms with van der Waals surface area (Å²) in [5.74, 6) is 1.15. The van der Waals surface area contributed by atoms with Gasteiger partial charge >= 0.3 is 0 Å². The summed E-state index contributed by atoms with van der Waals surface area (Å²) in [4.78, 5) is 2.34. The molecule has 0 saturated carbocycles. The summed E-state index contributed by atoms with van der Waals surface area (Å²) >= 11 is 0. The van der Waals surface area contributed by atoms with E-state index in [1.807, 2.05) is 36.1 Å². The van der Waals surface area contributed by atoms with Crippen LogP contribution < -0.4 is 9.47 Å². The van der Waals surface area contributed by atoms with Crippen LogP contribution in [0.15, 0.2) is 60.9 Å². The van der Waals surface area contributed by atoms with Crippen molar-refractivity contribution in [3.05, 3.63) is 77.9 Å². The predicted octanol–water partition coefficient (Wildman–Crippen LogP) is 4.21. The van der Waals surface area contributed by atoms with Crippen LogP contribution in [-0.4, -0.2) is 51.7 Å². The van der Waals surface area contributed by atoms with Crippen molar-refractivity contribution in [3.63, 3.8) is 0 Å². The van der Waals surface area contributed by atoms with E-state index in [0.29, 0.717) is 25.2 Å². The second-order valence-electron chi connectivity index (χ2n) is 8.87. The first-order valence-electron chi connectivity index (χ1n) is 11.5. The molecule has 1 fully saturated rings. The van der Waals surface area contributed by atoms with Gasteiger partial charge in [-0.15, -0.1) is 0 Å². The van der Waals surface area contributed by atoms with E-state index in [1.54, 1.807) is 12.1 Å². The fraction of sp³-hybridized carbons (Fsp3) is 0.423. The fourth-order valence-electron chi connectivity index (χ4n) is 3.98. The number of piperidine rings is 1. The highest BCUT2D eigenvalue weighted by Gasteiger charge is 2.33. The van der Waals surface area contributed by atoms with Crippen LogP contribution in [-0.2, 0) is 13.1 Å². The van der Waals surface area contributed by atoms with Crippen LogP contribution in [0.1, 0.15) is 30.4 Å². The van der Waals surface area contributed by atoms with Crippen molar-refractivity contribution >= 4 is 0 Å². The highest BCUT2D eigenvalue weighted by molar-refractivity contribution is 5.27. The van der Waals surface area contributed by atoms with Crippen molar-refractivity contribution in [1.82, 2.24) is 14.7 Å². The third-order valence-electron chi connectivity index (χ3n) is 6.00. The van der Waals surface area contributed by atoms with Crippen molar-refractivity contribution < 1.29 is 19.0 Å². The van der Waals surface area contributed by atoms with Crippen LogP contribution in [0, 0.1) is 12.7 Å². The van der Waals surface area contributed by atoms with Crippen LogP contribution >= 0.6 is 0 Å². The Morgan fingerprint density at radius 1 is 1.00 bits per heavy atom. The molecule has 176 valence electrons. The summed E-state index contributed by atoms with van der Waals surface area (Å²) in [7, 11) is 0. The van der Waals surface area contributed by atoms with Gasteiger partial charge in [0, 0.05) is 38.8 Å². The monoisotopic (exact) mass is 453 g/mol. The number of aliphatic hydroxyl groups is 1. The molecule has 0 aliphatic carbocycles. The fourth-order valence-corrected chi connectivity index (χ4v) is 3.98. The number of hydrogen-bond donors (Lipinski definition) is 1. The lowest BCUT2D eigenvalue weighted by Gasteiger charge is -2.38. The number of halogens is 1. The smallest absolute Gasteiger partial charge is 0.123 e. The lowest BCUT2D eigenvalue weighted by molar-refractivity contribution is -0.0537. The van der Waals surface area contributed by atoms with Gasteiger partial charge in [-0.25, -0.2) is 4.39 Å². The van der Waals surface area contributed by atoms with Gasteiger partial charge in [-0.05, 0) is 67.3 Å². The van der Waals surface area contributed by atoms with Gasteiger partial charge in [0.05, 0.1) is 12.8 Å². The number of nitrogens with zero attached hydrogens (tertiary/aromatic N) is 3. The highest BCUT2D eigenvalue weighted by atomic mass is 19.1. The summed E-state index contributed by atoms with van der Waals surface area (Å²) in [6.07, 6.45) is 6.10. The molecule has 2 heterocycles. The SMILES string of the molecule is Cc1cnn(CCCOc2ccc(CN3CCC(O)(COc4ccc(F)cc4)CC3)cc2)c1. The normalized spacial score (nSPS) is 16.0. The van der Waals surface area contributed by atoms with E-state index in [9.17, 15) is 9.50 Å². The van der Waals surface area contributed by atoms with Crippen LogP contribution in [0.4, 0.5) is 4.39 Å². The summed E-state index contributed by atoms with van der Waals surface area (Å²) in [6, 6.07) is 14.1. The Bertz CT molecular complexity index is 996. The van der Waals surface area contributed by atoms with Crippen molar-refractivity contribution in [1.29, 1.82) is 0 Å². The molecule has 0 radical (unpaired) electrons. The van der Waals surface area contributed by atoms with Gasteiger partial charge in [0.1, 0.15) is 29.5 Å². The molecule has 1 aromatic heterocycles. The van der Waals surface area contributed by atoms with E-state index in [1.165, 1.54) is 23.3 Å². The van der Waals surface area contributed by atoms with Gasteiger partial charge in [-0.2, -0.15) is 5.10 Å². The first-order chi connectivity index (χ1) is 16.0. The lowest BCUT2D eigenvalue weighted by atomic mass is 9.92. The molecule has 0 amide bonds. The van der Waals surface area contributed by atoms with Crippen molar-refractivity contribution in [2.75, 3.05) is 26.3 Å². The molecule has 1 saturated heterocycles. The van der Waals surface area contributed by atoms with E-state index in [4.69, 9.17) is 9.47 Å². The van der Waals surface area contributed by atoms with E-state index >= 15 is 0 Å². The standard InChI is InChI=1S/C26H32FN3O3/c1-21-17-28-30(18-21)13-2-16-32-24-7-3-22(4-8-24)19-29-14-11-26(31,12-15-29)20-33-25-9-5-23(27)6-10-25/h3-10,17-18,31H,2,11-16,19-20H2,1H3. The summed E-state index contributed by atoms with van der Waals surface area (Å²) in [5.41, 5.74) is 1.54. The number of benzene rings is 2. The van der Waals surface area contributed by atoms with Crippen molar-refractivity contribution in [3.8, 4) is 11.5 Å². The summed E-state index contributed by atoms with van der Waals surface area (Å²) in [5, 5.41) is 15.1. The van der Waals surface area contributed by atoms with Gasteiger partial charge < -0.3 is 14.6 Å². The average Bonchev–Trinajstić information content (AvgIpc) is 3.24. The highest BCUT2D eigenvalue weighted by Crippen LogP contribution is 2.25. The van der Waals surface area contributed by atoms with Gasteiger partial charge in [0.2, 0.25) is 0 Å². The Hall–Kier alpha value is -2.90. The van der Waals surface area contributed by atoms with E-state index in [0.717, 1.165) is 38.3 Å². The molecular formula is C26H32FN3O3. The van der Waals surface area contributed by atoms with Gasteiger partial charge in [-0.1, -0.05) is 12.1 Å². The topological polar surface area (TPSA) is 59.8 Å². The summed E-state index contributed by atoms with van der Waals surface area (Å²) in [6.45, 7) is 6.20. The number of rotatable bonds is 10. The maximum atomic E-state index is 13.0. The minimum atomic E-state index is -0.850. The second-order valence-corrected chi connectivity index (χ2v) is 8.87. The number of aromatic nitrogens is 2. The lowest BCUT2D eigenvalue weighted by Crippen LogP contribution is -2.47. The molecule has 3 aromatic rings. The largest absolute Gasteiger partial charge is 0.494 e. The van der Waals surface area contributed by atoms with Gasteiger partial charge in [0.25, 0.3) is 0 Å². The Morgan fingerprint density at radius 3 is 2.33 bits per heavy atom. The molecule has 0 unspecified atom stereocenters. The van der Waals surface area contributed by atoms with E-state index in [-0.39, 0.29) is 12.4 Å². The summed E-state index contributed by atoms with van der Waals surface area (Å²) < 4.78 is 26.5. The number of aryl methyl sites for hydroxylation is 2. The van der Waals surface area contributed by atoms with Crippen LogP contribution in [0.25, 0.3) is 0 Å². The number of hydrogen-bond acceptors (Lipinski definition) is 5. The minimum Gasteiger partial charge on any atom is -0.494 e.